The maximum absolute atomic E-state index is 12.6. The van der Waals surface area contributed by atoms with Crippen molar-refractivity contribution in [3.8, 4) is 0 Å². The van der Waals surface area contributed by atoms with Gasteiger partial charge in [-0.2, -0.15) is 5.10 Å². The molecule has 0 aliphatic carbocycles. The van der Waals surface area contributed by atoms with E-state index in [1.165, 1.54) is 10.2 Å². The van der Waals surface area contributed by atoms with Crippen molar-refractivity contribution in [1.29, 1.82) is 0 Å². The van der Waals surface area contributed by atoms with Crippen LogP contribution >= 0.6 is 11.6 Å². The molecular weight excluding hydrogens is 398 g/mol. The van der Waals surface area contributed by atoms with E-state index in [4.69, 9.17) is 11.6 Å². The molecule has 1 N–H and O–H groups in total. The molecule has 152 valence electrons. The van der Waals surface area contributed by atoms with Gasteiger partial charge >= 0.3 is 0 Å². The number of rotatable bonds is 7. The lowest BCUT2D eigenvalue weighted by atomic mass is 10.1. The van der Waals surface area contributed by atoms with Crippen LogP contribution in [0.2, 0.25) is 5.02 Å². The highest BCUT2D eigenvalue weighted by molar-refractivity contribution is 6.32. The van der Waals surface area contributed by atoms with Crippen molar-refractivity contribution in [3.63, 3.8) is 0 Å². The Morgan fingerprint density at radius 3 is 2.53 bits per heavy atom. The minimum atomic E-state index is -0.310. The van der Waals surface area contributed by atoms with Gasteiger partial charge < -0.3 is 9.88 Å². The predicted molar refractivity (Wildman–Crippen MR) is 119 cm³/mol. The van der Waals surface area contributed by atoms with Crippen LogP contribution in [0.1, 0.15) is 22.5 Å². The van der Waals surface area contributed by atoms with Gasteiger partial charge in [0.05, 0.1) is 18.4 Å². The summed E-state index contributed by atoms with van der Waals surface area (Å²) in [5, 5.41) is 7.65. The van der Waals surface area contributed by atoms with Crippen molar-refractivity contribution in [2.45, 2.75) is 26.6 Å². The zero-order valence-corrected chi connectivity index (χ0v) is 17.4. The number of aryl methyl sites for hydroxylation is 1. The van der Waals surface area contributed by atoms with E-state index in [0.29, 0.717) is 18.8 Å². The first-order valence-corrected chi connectivity index (χ1v) is 10.1. The lowest BCUT2D eigenvalue weighted by Gasteiger charge is -2.12. The fourth-order valence-corrected chi connectivity index (χ4v) is 3.47. The minimum Gasteiger partial charge on any atom is -0.378 e. The molecular formula is C23H22ClN5O. The zero-order chi connectivity index (χ0) is 20.9. The van der Waals surface area contributed by atoms with E-state index in [1.807, 2.05) is 55.6 Å². The monoisotopic (exact) mass is 419 g/mol. The van der Waals surface area contributed by atoms with Gasteiger partial charge in [0, 0.05) is 25.5 Å². The molecule has 0 saturated heterocycles. The molecule has 2 aromatic heterocycles. The molecule has 0 fully saturated rings. The normalized spacial score (nSPS) is 10.9. The number of benzene rings is 2. The number of nitrogens with zero attached hydrogens (tertiary/aromatic N) is 4. The highest BCUT2D eigenvalue weighted by atomic mass is 35.5. The van der Waals surface area contributed by atoms with E-state index in [2.05, 4.69) is 32.1 Å². The van der Waals surface area contributed by atoms with Crippen LogP contribution in [0.3, 0.4) is 0 Å². The maximum Gasteiger partial charge on any atom is 0.287 e. The number of anilines is 1. The molecule has 0 atom stereocenters. The highest BCUT2D eigenvalue weighted by Gasteiger charge is 2.10. The highest BCUT2D eigenvalue weighted by Crippen LogP contribution is 2.17. The van der Waals surface area contributed by atoms with Gasteiger partial charge in [0.2, 0.25) is 0 Å². The van der Waals surface area contributed by atoms with Crippen molar-refractivity contribution < 1.29 is 0 Å². The number of hydrogen-bond donors (Lipinski definition) is 1. The Balaban J connectivity index is 1.45. The number of aromatic nitrogens is 4. The largest absolute Gasteiger partial charge is 0.378 e. The molecule has 0 unspecified atom stereocenters. The van der Waals surface area contributed by atoms with Gasteiger partial charge in [-0.25, -0.2) is 9.67 Å². The van der Waals surface area contributed by atoms with Crippen molar-refractivity contribution >= 4 is 17.3 Å². The first-order valence-electron chi connectivity index (χ1n) is 9.69. The van der Waals surface area contributed by atoms with Crippen LogP contribution < -0.4 is 10.9 Å². The smallest absolute Gasteiger partial charge is 0.287 e. The summed E-state index contributed by atoms with van der Waals surface area (Å²) in [6, 6.07) is 18.0. The van der Waals surface area contributed by atoms with Gasteiger partial charge in [0.1, 0.15) is 10.8 Å². The summed E-state index contributed by atoms with van der Waals surface area (Å²) in [6.45, 7) is 3.67. The molecule has 4 aromatic rings. The van der Waals surface area contributed by atoms with Gasteiger partial charge in [-0.3, -0.25) is 4.79 Å². The third kappa shape index (κ3) is 4.60. The van der Waals surface area contributed by atoms with Gasteiger partial charge in [0.25, 0.3) is 5.56 Å². The molecule has 0 saturated carbocycles. The molecule has 0 spiro atoms. The van der Waals surface area contributed by atoms with Gasteiger partial charge in [-0.05, 0) is 23.6 Å². The quantitative estimate of drug-likeness (QED) is 0.489. The standard InChI is InChI=1S/C23H22ClN5O/c1-17-25-10-11-28(17)15-20-9-5-8-19(12-20)13-26-21-14-27-29(23(30)22(21)24)16-18-6-3-2-4-7-18/h2-12,14,26H,13,15-16H2,1H3. The fourth-order valence-electron chi connectivity index (χ4n) is 3.26. The Hall–Kier alpha value is -3.38. The number of hydrogen-bond acceptors (Lipinski definition) is 4. The topological polar surface area (TPSA) is 64.7 Å². The Kier molecular flexibility index (Phi) is 5.95. The number of halogens is 1. The molecule has 4 rings (SSSR count). The van der Waals surface area contributed by atoms with Crippen LogP contribution in [0.4, 0.5) is 5.69 Å². The van der Waals surface area contributed by atoms with Gasteiger partial charge in [0.15, 0.2) is 0 Å². The molecule has 7 heteroatoms. The van der Waals surface area contributed by atoms with Crippen molar-refractivity contribution in [2.75, 3.05) is 5.32 Å². The lowest BCUT2D eigenvalue weighted by Crippen LogP contribution is -2.24. The van der Waals surface area contributed by atoms with Crippen molar-refractivity contribution in [3.05, 3.63) is 111 Å². The van der Waals surface area contributed by atoms with E-state index in [1.54, 1.807) is 12.4 Å². The average Bonchev–Trinajstić information content (AvgIpc) is 3.16. The molecule has 2 aromatic carbocycles. The minimum absolute atomic E-state index is 0.145. The Labute approximate surface area is 179 Å². The summed E-state index contributed by atoms with van der Waals surface area (Å²) in [7, 11) is 0. The second kappa shape index (κ2) is 8.97. The molecule has 0 aliphatic heterocycles. The molecule has 0 aliphatic rings. The van der Waals surface area contributed by atoms with E-state index in [9.17, 15) is 4.79 Å². The number of imidazole rings is 1. The van der Waals surface area contributed by atoms with Crippen LogP contribution in [0.25, 0.3) is 0 Å². The summed E-state index contributed by atoms with van der Waals surface area (Å²) >= 11 is 6.33. The first-order chi connectivity index (χ1) is 14.6. The van der Waals surface area contributed by atoms with Crippen LogP contribution in [-0.2, 0) is 19.6 Å². The fraction of sp³-hybridized carbons (Fsp3) is 0.174. The van der Waals surface area contributed by atoms with E-state index in [0.717, 1.165) is 23.5 Å². The van der Waals surface area contributed by atoms with E-state index < -0.39 is 0 Å². The summed E-state index contributed by atoms with van der Waals surface area (Å²) in [4.78, 5) is 16.8. The summed E-state index contributed by atoms with van der Waals surface area (Å²) in [5.41, 5.74) is 3.48. The zero-order valence-electron chi connectivity index (χ0n) is 16.6. The molecule has 6 nitrogen and oxygen atoms in total. The predicted octanol–water partition coefficient (Wildman–Crippen LogP) is 4.11. The third-order valence-corrected chi connectivity index (χ3v) is 5.28. The molecule has 2 heterocycles. The molecule has 0 bridgehead atoms. The van der Waals surface area contributed by atoms with Crippen LogP contribution in [-0.4, -0.2) is 19.3 Å². The molecule has 0 amide bonds. The van der Waals surface area contributed by atoms with Crippen LogP contribution in [0.5, 0.6) is 0 Å². The summed E-state index contributed by atoms with van der Waals surface area (Å²) < 4.78 is 3.47. The molecule has 0 radical (unpaired) electrons. The molecule has 30 heavy (non-hydrogen) atoms. The third-order valence-electron chi connectivity index (χ3n) is 4.91. The van der Waals surface area contributed by atoms with Gasteiger partial charge in [-0.15, -0.1) is 0 Å². The van der Waals surface area contributed by atoms with Crippen LogP contribution in [0.15, 0.2) is 78.0 Å². The Morgan fingerprint density at radius 1 is 1.00 bits per heavy atom. The number of nitrogens with one attached hydrogen (secondary N) is 1. The Bertz CT molecular complexity index is 1200. The Morgan fingerprint density at radius 2 is 1.77 bits per heavy atom. The van der Waals surface area contributed by atoms with E-state index in [-0.39, 0.29) is 10.6 Å². The van der Waals surface area contributed by atoms with Gasteiger partial charge in [-0.1, -0.05) is 66.2 Å². The summed E-state index contributed by atoms with van der Waals surface area (Å²) in [5.74, 6) is 0.979. The van der Waals surface area contributed by atoms with Crippen molar-refractivity contribution in [2.24, 2.45) is 0 Å². The SMILES string of the molecule is Cc1nccn1Cc1cccc(CNc2cnn(Cc3ccccc3)c(=O)c2Cl)c1. The second-order valence-corrected chi connectivity index (χ2v) is 7.47. The summed E-state index contributed by atoms with van der Waals surface area (Å²) in [6.07, 6.45) is 5.37. The lowest BCUT2D eigenvalue weighted by molar-refractivity contribution is 0.640. The maximum atomic E-state index is 12.6. The first kappa shape index (κ1) is 19.9. The van der Waals surface area contributed by atoms with Crippen LogP contribution in [0, 0.1) is 6.92 Å². The second-order valence-electron chi connectivity index (χ2n) is 7.10. The van der Waals surface area contributed by atoms with E-state index >= 15 is 0 Å². The average molecular weight is 420 g/mol. The van der Waals surface area contributed by atoms with Crippen molar-refractivity contribution in [1.82, 2.24) is 19.3 Å².